The van der Waals surface area contributed by atoms with Crippen LogP contribution in [0.25, 0.3) is 0 Å². The zero-order chi connectivity index (χ0) is 12.0. The molecule has 0 fully saturated rings. The Kier molecular flexibility index (Phi) is 4.67. The number of thioether (sulfide) groups is 1. The second-order valence-corrected chi connectivity index (χ2v) is 3.81. The molecule has 0 aliphatic heterocycles. The molecule has 5 heteroatoms. The first-order valence-corrected chi connectivity index (χ1v) is 5.86. The van der Waals surface area contributed by atoms with Gasteiger partial charge in [0.05, 0.1) is 12.8 Å². The van der Waals surface area contributed by atoms with Crippen LogP contribution in [0.2, 0.25) is 0 Å². The van der Waals surface area contributed by atoms with Crippen LogP contribution in [0.5, 0.6) is 5.75 Å². The van der Waals surface area contributed by atoms with Gasteiger partial charge >= 0.3 is 0 Å². The van der Waals surface area contributed by atoms with Crippen molar-refractivity contribution in [2.75, 3.05) is 13.4 Å². The van der Waals surface area contributed by atoms with E-state index in [-0.39, 0.29) is 0 Å². The number of rotatable bonds is 2. The monoisotopic (exact) mass is 235 g/mol. The average Bonchev–Trinajstić information content (AvgIpc) is 2.28. The molecule has 0 aromatic heterocycles. The van der Waals surface area contributed by atoms with Gasteiger partial charge in [-0.05, 0) is 36.9 Å². The van der Waals surface area contributed by atoms with Crippen molar-refractivity contribution in [3.05, 3.63) is 23.8 Å². The number of hydrogen-bond acceptors (Lipinski definition) is 4. The Bertz CT molecular complexity index is 437. The molecule has 0 radical (unpaired) electrons. The van der Waals surface area contributed by atoms with Crippen molar-refractivity contribution >= 4 is 22.6 Å². The van der Waals surface area contributed by atoms with Crippen LogP contribution in [0, 0.1) is 18.4 Å². The summed E-state index contributed by atoms with van der Waals surface area (Å²) in [5, 5.41) is 11.6. The second kappa shape index (κ2) is 6.03. The van der Waals surface area contributed by atoms with E-state index >= 15 is 0 Å². The van der Waals surface area contributed by atoms with E-state index in [1.807, 2.05) is 37.6 Å². The van der Waals surface area contributed by atoms with Gasteiger partial charge in [-0.15, -0.1) is 0 Å². The van der Waals surface area contributed by atoms with Gasteiger partial charge < -0.3 is 4.74 Å². The topological polar surface area (TPSA) is 57.4 Å². The summed E-state index contributed by atoms with van der Waals surface area (Å²) in [5.74, 6) is 0.831. The molecule has 1 N–H and O–H groups in total. The van der Waals surface area contributed by atoms with Gasteiger partial charge in [-0.2, -0.15) is 5.26 Å². The molecule has 1 aromatic carbocycles. The molecular weight excluding hydrogens is 222 g/mol. The zero-order valence-electron chi connectivity index (χ0n) is 9.44. The number of nitrogens with one attached hydrogen (secondary N) is 1. The van der Waals surface area contributed by atoms with Gasteiger partial charge in [-0.3, -0.25) is 5.32 Å². The number of hydrogen-bond donors (Lipinski definition) is 1. The molecule has 4 nitrogen and oxygen atoms in total. The lowest BCUT2D eigenvalue weighted by atomic mass is 10.2. The van der Waals surface area contributed by atoms with E-state index in [4.69, 9.17) is 10.00 Å². The van der Waals surface area contributed by atoms with Gasteiger partial charge in [0.2, 0.25) is 0 Å². The van der Waals surface area contributed by atoms with Crippen LogP contribution in [-0.4, -0.2) is 18.5 Å². The fourth-order valence-corrected chi connectivity index (χ4v) is 1.57. The first-order chi connectivity index (χ1) is 7.71. The Morgan fingerprint density at radius 1 is 1.56 bits per heavy atom. The van der Waals surface area contributed by atoms with Gasteiger partial charge in [0.1, 0.15) is 5.75 Å². The molecule has 1 rings (SSSR count). The predicted molar refractivity (Wildman–Crippen MR) is 67.1 cm³/mol. The van der Waals surface area contributed by atoms with Crippen LogP contribution in [0.15, 0.2) is 23.2 Å². The Labute approximate surface area is 99.3 Å². The Morgan fingerprint density at radius 3 is 2.81 bits per heavy atom. The van der Waals surface area contributed by atoms with Crippen LogP contribution in [-0.2, 0) is 0 Å². The third-order valence-corrected chi connectivity index (χ3v) is 2.55. The molecule has 0 atom stereocenters. The predicted octanol–water partition coefficient (Wildman–Crippen LogP) is 2.42. The highest BCUT2D eigenvalue weighted by molar-refractivity contribution is 8.13. The van der Waals surface area contributed by atoms with E-state index in [2.05, 4.69) is 10.3 Å². The molecule has 0 spiro atoms. The molecule has 0 heterocycles. The maximum atomic E-state index is 8.51. The van der Waals surface area contributed by atoms with E-state index in [0.29, 0.717) is 5.17 Å². The highest BCUT2D eigenvalue weighted by Crippen LogP contribution is 2.23. The van der Waals surface area contributed by atoms with Crippen molar-refractivity contribution in [1.29, 1.82) is 5.26 Å². The first-order valence-electron chi connectivity index (χ1n) is 4.63. The minimum atomic E-state index is 0.576. The Morgan fingerprint density at radius 2 is 2.31 bits per heavy atom. The lowest BCUT2D eigenvalue weighted by Crippen LogP contribution is -2.12. The number of amidine groups is 1. The smallest absolute Gasteiger partial charge is 0.183 e. The molecule has 0 unspecified atom stereocenters. The molecule has 0 aliphatic carbocycles. The quantitative estimate of drug-likeness (QED) is 0.370. The van der Waals surface area contributed by atoms with E-state index in [1.54, 1.807) is 7.11 Å². The zero-order valence-corrected chi connectivity index (χ0v) is 10.3. The maximum Gasteiger partial charge on any atom is 0.183 e. The first kappa shape index (κ1) is 12.4. The van der Waals surface area contributed by atoms with Gasteiger partial charge in [-0.25, -0.2) is 4.99 Å². The van der Waals surface area contributed by atoms with E-state index in [9.17, 15) is 0 Å². The Hall–Kier alpha value is -1.67. The van der Waals surface area contributed by atoms with Crippen molar-refractivity contribution in [3.63, 3.8) is 0 Å². The third-order valence-electron chi connectivity index (χ3n) is 1.97. The van der Waals surface area contributed by atoms with E-state index in [1.165, 1.54) is 11.8 Å². The van der Waals surface area contributed by atoms with Crippen molar-refractivity contribution in [1.82, 2.24) is 5.32 Å². The van der Waals surface area contributed by atoms with E-state index in [0.717, 1.165) is 17.0 Å². The second-order valence-electron chi connectivity index (χ2n) is 3.01. The van der Waals surface area contributed by atoms with Gasteiger partial charge in [0, 0.05) is 0 Å². The summed E-state index contributed by atoms with van der Waals surface area (Å²) in [7, 11) is 1.63. The molecule has 0 amide bonds. The van der Waals surface area contributed by atoms with Crippen LogP contribution in [0.1, 0.15) is 5.56 Å². The molecular formula is C11H13N3OS. The van der Waals surface area contributed by atoms with Gasteiger partial charge in [-0.1, -0.05) is 11.8 Å². The van der Waals surface area contributed by atoms with Gasteiger partial charge in [0.15, 0.2) is 11.4 Å². The maximum absolute atomic E-state index is 8.51. The molecule has 0 bridgehead atoms. The molecule has 16 heavy (non-hydrogen) atoms. The fourth-order valence-electron chi connectivity index (χ4n) is 1.22. The number of ether oxygens (including phenoxy) is 1. The van der Waals surface area contributed by atoms with Crippen LogP contribution >= 0.6 is 11.8 Å². The molecule has 0 saturated carbocycles. The van der Waals surface area contributed by atoms with Crippen LogP contribution < -0.4 is 10.1 Å². The summed E-state index contributed by atoms with van der Waals surface area (Å²) in [6.07, 6.45) is 3.71. The number of benzene rings is 1. The largest absolute Gasteiger partial charge is 0.496 e. The number of aryl methyl sites for hydroxylation is 1. The van der Waals surface area contributed by atoms with Crippen LogP contribution in [0.4, 0.5) is 5.69 Å². The SMILES string of the molecule is COc1ccc(N=C(NC#N)SC)cc1C. The summed E-state index contributed by atoms with van der Waals surface area (Å²) in [6.45, 7) is 1.95. The number of aliphatic imine (C=N–C) groups is 1. The van der Waals surface area contributed by atoms with Crippen molar-refractivity contribution in [2.24, 2.45) is 4.99 Å². The summed E-state index contributed by atoms with van der Waals surface area (Å²) in [4.78, 5) is 4.29. The van der Waals surface area contributed by atoms with Crippen LogP contribution in [0.3, 0.4) is 0 Å². The van der Waals surface area contributed by atoms with Crippen molar-refractivity contribution in [3.8, 4) is 11.9 Å². The minimum Gasteiger partial charge on any atom is -0.496 e. The van der Waals surface area contributed by atoms with Gasteiger partial charge in [0.25, 0.3) is 0 Å². The molecule has 84 valence electrons. The third kappa shape index (κ3) is 3.17. The highest BCUT2D eigenvalue weighted by atomic mass is 32.2. The lowest BCUT2D eigenvalue weighted by Gasteiger charge is -2.05. The molecule has 0 aliphatic rings. The highest BCUT2D eigenvalue weighted by Gasteiger charge is 2.00. The number of nitriles is 1. The number of methoxy groups -OCH3 is 1. The average molecular weight is 235 g/mol. The normalized spacial score (nSPS) is 10.8. The summed E-state index contributed by atoms with van der Waals surface area (Å²) < 4.78 is 5.16. The molecule has 1 aromatic rings. The fraction of sp³-hybridized carbons (Fsp3) is 0.273. The molecule has 0 saturated heterocycles. The van der Waals surface area contributed by atoms with E-state index < -0.39 is 0 Å². The lowest BCUT2D eigenvalue weighted by molar-refractivity contribution is 0.412. The van der Waals surface area contributed by atoms with Crippen molar-refractivity contribution < 1.29 is 4.74 Å². The standard InChI is InChI=1S/C11H13N3OS/c1-8-6-9(4-5-10(8)15-2)14-11(16-3)13-7-12/h4-6H,1-3H3,(H,13,14). The summed E-state index contributed by atoms with van der Waals surface area (Å²) >= 11 is 1.39. The summed E-state index contributed by atoms with van der Waals surface area (Å²) in [5.41, 5.74) is 1.81. The van der Waals surface area contributed by atoms with Crippen molar-refractivity contribution in [2.45, 2.75) is 6.92 Å². The number of nitrogens with zero attached hydrogens (tertiary/aromatic N) is 2. The summed E-state index contributed by atoms with van der Waals surface area (Å²) in [6, 6.07) is 5.62. The Balaban J connectivity index is 2.97. The minimum absolute atomic E-state index is 0.576.